The van der Waals surface area contributed by atoms with E-state index in [9.17, 15) is 8.42 Å². The quantitative estimate of drug-likeness (QED) is 0.835. The highest BCUT2D eigenvalue weighted by molar-refractivity contribution is 7.89. The maximum absolute atomic E-state index is 12.3. The Labute approximate surface area is 115 Å². The molecular weight excluding hydrogens is 260 g/mol. The molecular formula is C14H22N2O2S. The molecule has 19 heavy (non-hydrogen) atoms. The Morgan fingerprint density at radius 2 is 1.89 bits per heavy atom. The van der Waals surface area contributed by atoms with E-state index in [2.05, 4.69) is 4.72 Å². The largest absolute Gasteiger partial charge is 0.330 e. The van der Waals surface area contributed by atoms with Crippen LogP contribution in [0.25, 0.3) is 0 Å². The SMILES string of the molecule is CCC1(NS(=O)(=O)c2ccc(CCN)cc2)CCC1. The number of nitrogens with two attached hydrogens (primary N) is 1. The molecule has 0 aromatic heterocycles. The van der Waals surface area contributed by atoms with Gasteiger partial charge in [0.2, 0.25) is 10.0 Å². The van der Waals surface area contributed by atoms with Gasteiger partial charge in [0, 0.05) is 5.54 Å². The Morgan fingerprint density at radius 1 is 1.26 bits per heavy atom. The van der Waals surface area contributed by atoms with Crippen LogP contribution in [0.5, 0.6) is 0 Å². The number of hydrogen-bond donors (Lipinski definition) is 2. The van der Waals surface area contributed by atoms with Gasteiger partial charge in [-0.2, -0.15) is 0 Å². The highest BCUT2D eigenvalue weighted by Crippen LogP contribution is 2.36. The molecule has 3 N–H and O–H groups in total. The van der Waals surface area contributed by atoms with E-state index < -0.39 is 10.0 Å². The first kappa shape index (κ1) is 14.5. The summed E-state index contributed by atoms with van der Waals surface area (Å²) < 4.78 is 27.5. The molecule has 4 nitrogen and oxygen atoms in total. The van der Waals surface area contributed by atoms with Gasteiger partial charge in [-0.3, -0.25) is 0 Å². The van der Waals surface area contributed by atoms with Crippen molar-refractivity contribution in [2.24, 2.45) is 5.73 Å². The van der Waals surface area contributed by atoms with Gasteiger partial charge in [-0.1, -0.05) is 19.1 Å². The fourth-order valence-corrected chi connectivity index (χ4v) is 4.01. The van der Waals surface area contributed by atoms with Crippen molar-refractivity contribution in [3.05, 3.63) is 29.8 Å². The fourth-order valence-electron chi connectivity index (χ4n) is 2.48. The number of benzene rings is 1. The molecule has 0 unspecified atom stereocenters. The molecule has 0 atom stereocenters. The molecule has 1 fully saturated rings. The molecule has 0 aliphatic heterocycles. The van der Waals surface area contributed by atoms with Gasteiger partial charge in [-0.15, -0.1) is 0 Å². The summed E-state index contributed by atoms with van der Waals surface area (Å²) >= 11 is 0. The molecule has 1 saturated carbocycles. The summed E-state index contributed by atoms with van der Waals surface area (Å²) in [5.74, 6) is 0. The van der Waals surface area contributed by atoms with Crippen LogP contribution in [0.4, 0.5) is 0 Å². The minimum atomic E-state index is -3.40. The summed E-state index contributed by atoms with van der Waals surface area (Å²) in [6.07, 6.45) is 4.60. The fraction of sp³-hybridized carbons (Fsp3) is 0.571. The third kappa shape index (κ3) is 3.16. The van der Waals surface area contributed by atoms with Crippen LogP contribution in [0, 0.1) is 0 Å². The van der Waals surface area contributed by atoms with E-state index in [0.29, 0.717) is 11.4 Å². The monoisotopic (exact) mass is 282 g/mol. The lowest BCUT2D eigenvalue weighted by Crippen LogP contribution is -2.52. The molecule has 1 aliphatic carbocycles. The zero-order valence-electron chi connectivity index (χ0n) is 11.4. The Morgan fingerprint density at radius 3 is 2.32 bits per heavy atom. The standard InChI is InChI=1S/C14H22N2O2S/c1-2-14(9-3-10-14)16-19(17,18)13-6-4-12(5-7-13)8-11-15/h4-7,16H,2-3,8-11,15H2,1H3. The van der Waals surface area contributed by atoms with Crippen LogP contribution in [0.3, 0.4) is 0 Å². The lowest BCUT2D eigenvalue weighted by Gasteiger charge is -2.41. The van der Waals surface area contributed by atoms with Crippen LogP contribution in [-0.4, -0.2) is 20.5 Å². The third-order valence-corrected chi connectivity index (χ3v) is 5.60. The van der Waals surface area contributed by atoms with Crippen molar-refractivity contribution in [3.8, 4) is 0 Å². The topological polar surface area (TPSA) is 72.2 Å². The normalized spacial score (nSPS) is 18.0. The first-order valence-corrected chi connectivity index (χ1v) is 8.33. The van der Waals surface area contributed by atoms with Gasteiger partial charge >= 0.3 is 0 Å². The van der Waals surface area contributed by atoms with Gasteiger partial charge in [0.25, 0.3) is 0 Å². The summed E-state index contributed by atoms with van der Waals surface area (Å²) in [6.45, 7) is 2.61. The summed E-state index contributed by atoms with van der Waals surface area (Å²) in [4.78, 5) is 0.341. The van der Waals surface area contributed by atoms with E-state index >= 15 is 0 Å². The van der Waals surface area contributed by atoms with Crippen LogP contribution >= 0.6 is 0 Å². The number of nitrogens with one attached hydrogen (secondary N) is 1. The first-order valence-electron chi connectivity index (χ1n) is 6.84. The second-order valence-electron chi connectivity index (χ2n) is 5.28. The molecule has 1 aliphatic rings. The van der Waals surface area contributed by atoms with Gasteiger partial charge in [-0.05, 0) is 56.3 Å². The van der Waals surface area contributed by atoms with Gasteiger partial charge < -0.3 is 5.73 Å². The predicted molar refractivity (Wildman–Crippen MR) is 76.4 cm³/mol. The molecule has 2 rings (SSSR count). The average molecular weight is 282 g/mol. The van der Waals surface area contributed by atoms with Crippen molar-refractivity contribution < 1.29 is 8.42 Å². The Hall–Kier alpha value is -0.910. The zero-order valence-corrected chi connectivity index (χ0v) is 12.2. The van der Waals surface area contributed by atoms with Crippen LogP contribution in [0.2, 0.25) is 0 Å². The van der Waals surface area contributed by atoms with E-state index in [-0.39, 0.29) is 5.54 Å². The molecule has 0 heterocycles. The third-order valence-electron chi connectivity index (χ3n) is 4.00. The highest BCUT2D eigenvalue weighted by Gasteiger charge is 2.38. The summed E-state index contributed by atoms with van der Waals surface area (Å²) in [5, 5.41) is 0. The van der Waals surface area contributed by atoms with E-state index in [1.807, 2.05) is 19.1 Å². The lowest BCUT2D eigenvalue weighted by atomic mass is 9.76. The molecule has 106 valence electrons. The zero-order chi connectivity index (χ0) is 13.9. The molecule has 5 heteroatoms. The molecule has 0 amide bonds. The Kier molecular flexibility index (Phi) is 4.28. The van der Waals surface area contributed by atoms with Gasteiger partial charge in [0.15, 0.2) is 0 Å². The van der Waals surface area contributed by atoms with Crippen molar-refractivity contribution in [2.75, 3.05) is 6.54 Å². The highest BCUT2D eigenvalue weighted by atomic mass is 32.2. The van der Waals surface area contributed by atoms with Crippen molar-refractivity contribution in [2.45, 2.75) is 49.5 Å². The van der Waals surface area contributed by atoms with E-state index in [4.69, 9.17) is 5.73 Å². The van der Waals surface area contributed by atoms with Gasteiger partial charge in [0.05, 0.1) is 4.90 Å². The molecule has 0 bridgehead atoms. The molecule has 0 spiro atoms. The lowest BCUT2D eigenvalue weighted by molar-refractivity contribution is 0.214. The molecule has 1 aromatic rings. The summed E-state index contributed by atoms with van der Waals surface area (Å²) in [5.41, 5.74) is 6.33. The average Bonchev–Trinajstić information content (AvgIpc) is 2.35. The van der Waals surface area contributed by atoms with Crippen molar-refractivity contribution in [1.82, 2.24) is 4.72 Å². The molecule has 0 saturated heterocycles. The second-order valence-corrected chi connectivity index (χ2v) is 6.96. The van der Waals surface area contributed by atoms with Crippen molar-refractivity contribution in [1.29, 1.82) is 0 Å². The molecule has 1 aromatic carbocycles. The minimum Gasteiger partial charge on any atom is -0.330 e. The number of rotatable bonds is 6. The Bertz CT molecular complexity index is 513. The van der Waals surface area contributed by atoms with Crippen LogP contribution in [-0.2, 0) is 16.4 Å². The number of hydrogen-bond acceptors (Lipinski definition) is 3. The van der Waals surface area contributed by atoms with Gasteiger partial charge in [-0.25, -0.2) is 13.1 Å². The van der Waals surface area contributed by atoms with Crippen molar-refractivity contribution in [3.63, 3.8) is 0 Å². The predicted octanol–water partition coefficient (Wildman–Crippen LogP) is 1.80. The van der Waals surface area contributed by atoms with Gasteiger partial charge in [0.1, 0.15) is 0 Å². The Balaban J connectivity index is 2.15. The smallest absolute Gasteiger partial charge is 0.241 e. The van der Waals surface area contributed by atoms with E-state index in [1.54, 1.807) is 12.1 Å². The summed E-state index contributed by atoms with van der Waals surface area (Å²) in [6, 6.07) is 6.99. The summed E-state index contributed by atoms with van der Waals surface area (Å²) in [7, 11) is -3.40. The first-order chi connectivity index (χ1) is 9.01. The van der Waals surface area contributed by atoms with Crippen LogP contribution < -0.4 is 10.5 Å². The van der Waals surface area contributed by atoms with E-state index in [1.165, 1.54) is 0 Å². The maximum Gasteiger partial charge on any atom is 0.241 e. The van der Waals surface area contributed by atoms with Crippen LogP contribution in [0.15, 0.2) is 29.2 Å². The maximum atomic E-state index is 12.3. The molecule has 0 radical (unpaired) electrons. The number of sulfonamides is 1. The van der Waals surface area contributed by atoms with E-state index in [0.717, 1.165) is 37.7 Å². The van der Waals surface area contributed by atoms with Crippen LogP contribution in [0.1, 0.15) is 38.2 Å². The second kappa shape index (κ2) is 5.61. The van der Waals surface area contributed by atoms with Crippen molar-refractivity contribution >= 4 is 10.0 Å². The minimum absolute atomic E-state index is 0.214.